The van der Waals surface area contributed by atoms with Gasteiger partial charge in [0, 0.05) is 31.4 Å². The van der Waals surface area contributed by atoms with Gasteiger partial charge in [0.2, 0.25) is 0 Å². The van der Waals surface area contributed by atoms with Gasteiger partial charge in [0.15, 0.2) is 5.69 Å². The van der Waals surface area contributed by atoms with Gasteiger partial charge in [-0.15, -0.1) is 0 Å². The number of nitrogens with one attached hydrogen (secondary N) is 2. The number of aromatic nitrogens is 3. The number of carbonyl (C=O) groups excluding carboxylic acids is 1. The quantitative estimate of drug-likeness (QED) is 0.451. The van der Waals surface area contributed by atoms with Gasteiger partial charge >= 0.3 is 0 Å². The first-order chi connectivity index (χ1) is 16.9. The van der Waals surface area contributed by atoms with Gasteiger partial charge in [-0.05, 0) is 63.2 Å². The molecular weight excluding hydrogens is 462 g/mol. The van der Waals surface area contributed by atoms with Gasteiger partial charge in [0.1, 0.15) is 11.6 Å². The molecule has 0 atom stereocenters. The van der Waals surface area contributed by atoms with Crippen molar-refractivity contribution in [2.45, 2.75) is 84.7 Å². The molecule has 2 heterocycles. The van der Waals surface area contributed by atoms with Crippen molar-refractivity contribution in [1.82, 2.24) is 20.1 Å². The Hall–Kier alpha value is -2.28. The molecule has 2 aromatic heterocycles. The summed E-state index contributed by atoms with van der Waals surface area (Å²) in [5.74, 6) is 3.34. The van der Waals surface area contributed by atoms with Crippen LogP contribution in [-0.4, -0.2) is 40.4 Å². The molecular formula is C27H40ClN5O2. The van der Waals surface area contributed by atoms with Crippen molar-refractivity contribution in [3.8, 4) is 17.0 Å². The van der Waals surface area contributed by atoms with Gasteiger partial charge < -0.3 is 15.4 Å². The summed E-state index contributed by atoms with van der Waals surface area (Å²) < 4.78 is 7.48. The lowest BCUT2D eigenvalue weighted by Crippen LogP contribution is -2.31. The van der Waals surface area contributed by atoms with Crippen LogP contribution in [0.5, 0.6) is 5.75 Å². The molecule has 2 aromatic rings. The summed E-state index contributed by atoms with van der Waals surface area (Å²) in [5.41, 5.74) is 1.65. The third kappa shape index (κ3) is 6.11. The largest absolute Gasteiger partial charge is 0.496 e. The molecule has 0 bridgehead atoms. The van der Waals surface area contributed by atoms with E-state index in [-0.39, 0.29) is 11.6 Å². The predicted octanol–water partition coefficient (Wildman–Crippen LogP) is 6.17. The van der Waals surface area contributed by atoms with E-state index in [1.165, 1.54) is 25.7 Å². The monoisotopic (exact) mass is 501 g/mol. The van der Waals surface area contributed by atoms with E-state index in [0.717, 1.165) is 48.9 Å². The molecule has 4 rings (SSSR count). The number of hydrogen-bond acceptors (Lipinski definition) is 5. The summed E-state index contributed by atoms with van der Waals surface area (Å²) in [5, 5.41) is 11.5. The third-order valence-electron chi connectivity index (χ3n) is 7.80. The number of carbonyl (C=O) groups is 1. The molecule has 192 valence electrons. The van der Waals surface area contributed by atoms with Crippen LogP contribution in [0, 0.1) is 17.8 Å². The number of aryl methyl sites for hydroxylation is 1. The standard InChI is InChI=1S/C27H40ClN5O2/c1-5-33-26(24(28)25(32-33)27(34)30-15-19-10-6-17(2)7-11-19)21-16-29-23(14-22(21)35-4)31-20-12-8-18(3)9-13-20/h14,16-20H,5-13,15H2,1-4H3,(H,29,31)(H,30,34). The Labute approximate surface area is 214 Å². The second kappa shape index (κ2) is 11.6. The molecule has 2 aliphatic carbocycles. The number of anilines is 1. The van der Waals surface area contributed by atoms with Crippen LogP contribution in [0.15, 0.2) is 12.3 Å². The summed E-state index contributed by atoms with van der Waals surface area (Å²) in [6.07, 6.45) is 11.3. The molecule has 1 amide bonds. The van der Waals surface area contributed by atoms with E-state index in [2.05, 4.69) is 34.6 Å². The van der Waals surface area contributed by atoms with E-state index in [4.69, 9.17) is 16.3 Å². The van der Waals surface area contributed by atoms with Crippen LogP contribution in [-0.2, 0) is 6.54 Å². The summed E-state index contributed by atoms with van der Waals surface area (Å²) in [6, 6.07) is 2.35. The Bertz CT molecular complexity index is 1010. The Morgan fingerprint density at radius 3 is 2.40 bits per heavy atom. The molecule has 7 nitrogen and oxygen atoms in total. The van der Waals surface area contributed by atoms with Gasteiger partial charge in [0.05, 0.1) is 23.4 Å². The van der Waals surface area contributed by atoms with Crippen molar-refractivity contribution in [2.75, 3.05) is 19.0 Å². The minimum Gasteiger partial charge on any atom is -0.496 e. The van der Waals surface area contributed by atoms with E-state index in [0.29, 0.717) is 41.5 Å². The Morgan fingerprint density at radius 1 is 1.11 bits per heavy atom. The second-order valence-corrected chi connectivity index (χ2v) is 10.9. The zero-order valence-corrected chi connectivity index (χ0v) is 22.3. The van der Waals surface area contributed by atoms with E-state index in [9.17, 15) is 4.79 Å². The predicted molar refractivity (Wildman–Crippen MR) is 141 cm³/mol. The number of hydrogen-bond donors (Lipinski definition) is 2. The first-order valence-electron chi connectivity index (χ1n) is 13.2. The zero-order chi connectivity index (χ0) is 24.9. The smallest absolute Gasteiger partial charge is 0.273 e. The lowest BCUT2D eigenvalue weighted by molar-refractivity contribution is 0.0936. The topological polar surface area (TPSA) is 81.1 Å². The van der Waals surface area contributed by atoms with Crippen molar-refractivity contribution in [3.63, 3.8) is 0 Å². The van der Waals surface area contributed by atoms with E-state index >= 15 is 0 Å². The maximum atomic E-state index is 13.0. The summed E-state index contributed by atoms with van der Waals surface area (Å²) in [4.78, 5) is 17.7. The number of nitrogens with zero attached hydrogens (tertiary/aromatic N) is 3. The highest BCUT2D eigenvalue weighted by Crippen LogP contribution is 2.38. The second-order valence-electron chi connectivity index (χ2n) is 10.5. The SMILES string of the molecule is CCn1nc(C(=O)NCC2CCC(C)CC2)c(Cl)c1-c1cnc(NC2CCC(C)CC2)cc1OC. The molecule has 0 aromatic carbocycles. The van der Waals surface area contributed by atoms with Gasteiger partial charge in [-0.1, -0.05) is 38.3 Å². The average molecular weight is 502 g/mol. The Morgan fingerprint density at radius 2 is 1.77 bits per heavy atom. The molecule has 35 heavy (non-hydrogen) atoms. The summed E-state index contributed by atoms with van der Waals surface area (Å²) in [6.45, 7) is 7.85. The lowest BCUT2D eigenvalue weighted by Gasteiger charge is -2.27. The van der Waals surface area contributed by atoms with Crippen LogP contribution in [0.1, 0.15) is 82.6 Å². The number of methoxy groups -OCH3 is 1. The maximum Gasteiger partial charge on any atom is 0.273 e. The fraction of sp³-hybridized carbons (Fsp3) is 0.667. The molecule has 0 saturated heterocycles. The highest BCUT2D eigenvalue weighted by molar-refractivity contribution is 6.36. The third-order valence-corrected chi connectivity index (χ3v) is 8.16. The van der Waals surface area contributed by atoms with E-state index < -0.39 is 0 Å². The van der Waals surface area contributed by atoms with Crippen LogP contribution in [0.3, 0.4) is 0 Å². The number of pyridine rings is 1. The van der Waals surface area contributed by atoms with E-state index in [1.807, 2.05) is 13.0 Å². The number of amides is 1. The highest BCUT2D eigenvalue weighted by atomic mass is 35.5. The first-order valence-corrected chi connectivity index (χ1v) is 13.6. The normalized spacial score (nSPS) is 24.7. The van der Waals surface area contributed by atoms with Crippen molar-refractivity contribution in [2.24, 2.45) is 17.8 Å². The molecule has 2 saturated carbocycles. The van der Waals surface area contributed by atoms with E-state index in [1.54, 1.807) is 18.0 Å². The average Bonchev–Trinajstić information content (AvgIpc) is 3.21. The van der Waals surface area contributed by atoms with Crippen LogP contribution in [0.2, 0.25) is 5.02 Å². The van der Waals surface area contributed by atoms with Crippen LogP contribution >= 0.6 is 11.6 Å². The van der Waals surface area contributed by atoms with Gasteiger partial charge in [-0.2, -0.15) is 5.10 Å². The van der Waals surface area contributed by atoms with Gasteiger partial charge in [-0.25, -0.2) is 4.98 Å². The Kier molecular flexibility index (Phi) is 8.58. The molecule has 0 radical (unpaired) electrons. The maximum absolute atomic E-state index is 13.0. The molecule has 0 unspecified atom stereocenters. The highest BCUT2D eigenvalue weighted by Gasteiger charge is 2.26. The molecule has 2 N–H and O–H groups in total. The van der Waals surface area contributed by atoms with Crippen LogP contribution in [0.25, 0.3) is 11.3 Å². The molecule has 2 aliphatic rings. The zero-order valence-electron chi connectivity index (χ0n) is 21.6. The summed E-state index contributed by atoms with van der Waals surface area (Å²) >= 11 is 6.77. The van der Waals surface area contributed by atoms with Crippen molar-refractivity contribution in [1.29, 1.82) is 0 Å². The number of rotatable bonds is 8. The minimum absolute atomic E-state index is 0.223. The molecule has 0 aliphatic heterocycles. The van der Waals surface area contributed by atoms with Crippen molar-refractivity contribution in [3.05, 3.63) is 23.0 Å². The molecule has 0 spiro atoms. The number of ether oxygens (including phenoxy) is 1. The fourth-order valence-corrected chi connectivity index (χ4v) is 5.72. The number of halogens is 1. The van der Waals surface area contributed by atoms with Gasteiger partial charge in [0.25, 0.3) is 5.91 Å². The fourth-order valence-electron chi connectivity index (χ4n) is 5.40. The van der Waals surface area contributed by atoms with Crippen molar-refractivity contribution >= 4 is 23.3 Å². The minimum atomic E-state index is -0.223. The van der Waals surface area contributed by atoms with Crippen LogP contribution in [0.4, 0.5) is 5.82 Å². The van der Waals surface area contributed by atoms with Crippen LogP contribution < -0.4 is 15.4 Å². The Balaban J connectivity index is 1.51. The lowest BCUT2D eigenvalue weighted by atomic mass is 9.83. The summed E-state index contributed by atoms with van der Waals surface area (Å²) in [7, 11) is 1.64. The molecule has 2 fully saturated rings. The molecule has 8 heteroatoms. The van der Waals surface area contributed by atoms with Gasteiger partial charge in [-0.3, -0.25) is 9.48 Å². The first kappa shape index (κ1) is 25.8. The van der Waals surface area contributed by atoms with Crippen molar-refractivity contribution < 1.29 is 9.53 Å².